The summed E-state index contributed by atoms with van der Waals surface area (Å²) < 4.78 is 22.6. The van der Waals surface area contributed by atoms with Gasteiger partial charge in [0.15, 0.2) is 12.6 Å². The van der Waals surface area contributed by atoms with Gasteiger partial charge in [-0.05, 0) is 25.5 Å². The molecule has 28 heavy (non-hydrogen) atoms. The molecule has 2 aliphatic rings. The second kappa shape index (κ2) is 9.47. The highest BCUT2D eigenvalue weighted by Gasteiger charge is 2.46. The summed E-state index contributed by atoms with van der Waals surface area (Å²) in [4.78, 5) is 0. The molecule has 5 N–H and O–H groups in total. The molecule has 2 fully saturated rings. The molecular weight excluding hydrogens is 372 g/mol. The van der Waals surface area contributed by atoms with Crippen molar-refractivity contribution >= 4 is 0 Å². The van der Waals surface area contributed by atoms with E-state index in [1.165, 1.54) is 0 Å². The Labute approximate surface area is 163 Å². The molecule has 2 heterocycles. The molecule has 0 radical (unpaired) electrons. The van der Waals surface area contributed by atoms with Gasteiger partial charge in [0.1, 0.15) is 36.3 Å². The first-order valence-electron chi connectivity index (χ1n) is 9.38. The van der Waals surface area contributed by atoms with Gasteiger partial charge in [-0.25, -0.2) is 0 Å². The maximum atomic E-state index is 10.1. The lowest BCUT2D eigenvalue weighted by atomic mass is 9.99. The fraction of sp³-hybridized carbons (Fsp3) is 0.684. The molecule has 1 aromatic carbocycles. The molecule has 0 saturated carbocycles. The summed E-state index contributed by atoms with van der Waals surface area (Å²) in [7, 11) is 0. The van der Waals surface area contributed by atoms with Crippen molar-refractivity contribution in [3.63, 3.8) is 0 Å². The van der Waals surface area contributed by atoms with Crippen LogP contribution in [0.5, 0.6) is 5.75 Å². The minimum Gasteiger partial charge on any atom is -0.465 e. The average Bonchev–Trinajstić information content (AvgIpc) is 2.71. The highest BCUT2D eigenvalue weighted by atomic mass is 16.7. The number of hydrogen-bond donors (Lipinski definition) is 5. The molecule has 9 nitrogen and oxygen atoms in total. The third-order valence-corrected chi connectivity index (χ3v) is 5.05. The van der Waals surface area contributed by atoms with E-state index < -0.39 is 55.8 Å². The van der Waals surface area contributed by atoms with E-state index in [4.69, 9.17) is 18.9 Å². The maximum absolute atomic E-state index is 10.1. The molecule has 1 unspecified atom stereocenters. The van der Waals surface area contributed by atoms with Crippen molar-refractivity contribution in [3.8, 4) is 5.75 Å². The third kappa shape index (κ3) is 4.81. The van der Waals surface area contributed by atoms with E-state index in [1.54, 1.807) is 0 Å². The van der Waals surface area contributed by atoms with E-state index in [1.807, 2.05) is 31.2 Å². The first-order chi connectivity index (χ1) is 13.4. The lowest BCUT2D eigenvalue weighted by Gasteiger charge is -2.43. The van der Waals surface area contributed by atoms with Gasteiger partial charge in [0.05, 0.1) is 19.3 Å². The predicted octanol–water partition coefficient (Wildman–Crippen LogP) is -0.944. The molecule has 2 saturated heterocycles. The maximum Gasteiger partial charge on any atom is 0.200 e. The minimum absolute atomic E-state index is 0.337. The van der Waals surface area contributed by atoms with Gasteiger partial charge in [0.25, 0.3) is 0 Å². The zero-order chi connectivity index (χ0) is 20.3. The van der Waals surface area contributed by atoms with Crippen LogP contribution in [-0.2, 0) is 14.2 Å². The van der Waals surface area contributed by atoms with Gasteiger partial charge in [-0.3, -0.25) is 0 Å². The molecule has 1 aromatic rings. The molecule has 3 rings (SSSR count). The molecule has 0 aliphatic carbocycles. The smallest absolute Gasteiger partial charge is 0.200 e. The molecule has 158 valence electrons. The molecule has 0 spiro atoms. The number of aliphatic hydroxyl groups excluding tert-OH is 5. The van der Waals surface area contributed by atoms with Crippen LogP contribution >= 0.6 is 0 Å². The fourth-order valence-electron chi connectivity index (χ4n) is 3.36. The molecule has 9 heteroatoms. The SMILES string of the molecule is Cc1ccc(O[C@@H]2CCC(O[C@@H]3O[C@H](CO)[C@H](O)[C@H](O)[C@H]3O)[C@@H](CO)O2)cc1. The summed E-state index contributed by atoms with van der Waals surface area (Å²) in [5, 5.41) is 48.8. The van der Waals surface area contributed by atoms with Crippen LogP contribution in [0.25, 0.3) is 0 Å². The van der Waals surface area contributed by atoms with Gasteiger partial charge < -0.3 is 44.5 Å². The van der Waals surface area contributed by atoms with E-state index >= 15 is 0 Å². The summed E-state index contributed by atoms with van der Waals surface area (Å²) in [6.07, 6.45) is -7.78. The Kier molecular flexibility index (Phi) is 7.24. The first-order valence-corrected chi connectivity index (χ1v) is 9.38. The zero-order valence-corrected chi connectivity index (χ0v) is 15.6. The van der Waals surface area contributed by atoms with Gasteiger partial charge in [-0.2, -0.15) is 0 Å². The van der Waals surface area contributed by atoms with Crippen LogP contribution in [0.15, 0.2) is 24.3 Å². The van der Waals surface area contributed by atoms with Crippen molar-refractivity contribution in [1.29, 1.82) is 0 Å². The average molecular weight is 400 g/mol. The largest absolute Gasteiger partial charge is 0.465 e. The number of ether oxygens (including phenoxy) is 4. The van der Waals surface area contributed by atoms with E-state index in [9.17, 15) is 25.5 Å². The second-order valence-electron chi connectivity index (χ2n) is 7.17. The number of aryl methyl sites for hydroxylation is 1. The standard InChI is InChI=1S/C19H28O9/c1-10-2-4-11(5-3-10)25-15-7-6-12(13(8-20)26-15)27-19-18(24)17(23)16(22)14(9-21)28-19/h2-5,12-24H,6-9H2,1H3/t12?,13-,14-,15+,16+,17+,18-,19-/m1/s1. The van der Waals surface area contributed by atoms with E-state index in [0.29, 0.717) is 18.6 Å². The van der Waals surface area contributed by atoms with Crippen LogP contribution in [0.1, 0.15) is 18.4 Å². The Morgan fingerprint density at radius 2 is 1.57 bits per heavy atom. The monoisotopic (exact) mass is 400 g/mol. The highest BCUT2D eigenvalue weighted by Crippen LogP contribution is 2.29. The van der Waals surface area contributed by atoms with E-state index in [-0.39, 0.29) is 6.61 Å². The first kappa shape index (κ1) is 21.4. The van der Waals surface area contributed by atoms with E-state index in [0.717, 1.165) is 5.56 Å². The van der Waals surface area contributed by atoms with Crippen LogP contribution in [-0.4, -0.2) is 88.0 Å². The summed E-state index contributed by atoms with van der Waals surface area (Å²) in [6, 6.07) is 7.52. The Balaban J connectivity index is 1.58. The molecule has 2 aliphatic heterocycles. The molecule has 8 atom stereocenters. The minimum atomic E-state index is -1.52. The van der Waals surface area contributed by atoms with Crippen molar-refractivity contribution in [1.82, 2.24) is 0 Å². The lowest BCUT2D eigenvalue weighted by Crippen LogP contribution is -2.60. The van der Waals surface area contributed by atoms with Crippen molar-refractivity contribution in [3.05, 3.63) is 29.8 Å². The van der Waals surface area contributed by atoms with Gasteiger partial charge in [0.2, 0.25) is 0 Å². The van der Waals surface area contributed by atoms with E-state index in [2.05, 4.69) is 0 Å². The quantitative estimate of drug-likeness (QED) is 0.409. The fourth-order valence-corrected chi connectivity index (χ4v) is 3.36. The Bertz CT molecular complexity index is 608. The number of rotatable bonds is 6. The van der Waals surface area contributed by atoms with Gasteiger partial charge in [-0.15, -0.1) is 0 Å². The number of hydrogen-bond acceptors (Lipinski definition) is 9. The predicted molar refractivity (Wildman–Crippen MR) is 95.4 cm³/mol. The van der Waals surface area contributed by atoms with Gasteiger partial charge in [0, 0.05) is 6.42 Å². The molecule has 0 aromatic heterocycles. The normalized spacial score (nSPS) is 38.9. The van der Waals surface area contributed by atoms with Gasteiger partial charge >= 0.3 is 0 Å². The summed E-state index contributed by atoms with van der Waals surface area (Å²) in [5.41, 5.74) is 1.11. The number of aliphatic hydroxyl groups is 5. The van der Waals surface area contributed by atoms with Crippen molar-refractivity contribution in [2.24, 2.45) is 0 Å². The van der Waals surface area contributed by atoms with Crippen LogP contribution in [0.4, 0.5) is 0 Å². The van der Waals surface area contributed by atoms with Crippen molar-refractivity contribution in [2.45, 2.75) is 69.0 Å². The molecule has 0 amide bonds. The Hall–Kier alpha value is -1.30. The van der Waals surface area contributed by atoms with Crippen molar-refractivity contribution < 1.29 is 44.5 Å². The second-order valence-corrected chi connectivity index (χ2v) is 7.17. The van der Waals surface area contributed by atoms with Crippen LogP contribution in [0.3, 0.4) is 0 Å². The Morgan fingerprint density at radius 3 is 2.21 bits per heavy atom. The lowest BCUT2D eigenvalue weighted by molar-refractivity contribution is -0.329. The van der Waals surface area contributed by atoms with Crippen LogP contribution < -0.4 is 4.74 Å². The third-order valence-electron chi connectivity index (χ3n) is 5.05. The summed E-state index contributed by atoms with van der Waals surface area (Å²) in [6.45, 7) is 1.10. The summed E-state index contributed by atoms with van der Waals surface area (Å²) in [5.74, 6) is 0.653. The topological polar surface area (TPSA) is 138 Å². The van der Waals surface area contributed by atoms with Gasteiger partial charge in [-0.1, -0.05) is 17.7 Å². The van der Waals surface area contributed by atoms with Crippen molar-refractivity contribution in [2.75, 3.05) is 13.2 Å². The Morgan fingerprint density at radius 1 is 0.893 bits per heavy atom. The highest BCUT2D eigenvalue weighted by molar-refractivity contribution is 5.26. The molecule has 0 bridgehead atoms. The van der Waals surface area contributed by atoms with Crippen LogP contribution in [0, 0.1) is 6.92 Å². The molecular formula is C19H28O9. The number of benzene rings is 1. The van der Waals surface area contributed by atoms with Crippen LogP contribution in [0.2, 0.25) is 0 Å². The summed E-state index contributed by atoms with van der Waals surface area (Å²) >= 11 is 0. The zero-order valence-electron chi connectivity index (χ0n) is 15.6.